The number of hydrogen-bond acceptors (Lipinski definition) is 3. The molecule has 1 aromatic carbocycles. The Balaban J connectivity index is 2.31. The number of esters is 1. The third-order valence-corrected chi connectivity index (χ3v) is 1.89. The lowest BCUT2D eigenvalue weighted by molar-refractivity contribution is -0.146. The average Bonchev–Trinajstić information content (AvgIpc) is 2.27. The van der Waals surface area contributed by atoms with Gasteiger partial charge < -0.3 is 9.84 Å². The van der Waals surface area contributed by atoms with E-state index in [0.29, 0.717) is 0 Å². The van der Waals surface area contributed by atoms with Crippen molar-refractivity contribution in [1.82, 2.24) is 0 Å². The van der Waals surface area contributed by atoms with E-state index in [1.54, 1.807) is 0 Å². The second-order valence-corrected chi connectivity index (χ2v) is 3.15. The maximum Gasteiger partial charge on any atom is 0.309 e. The number of hydrogen-bond donors (Lipinski definition) is 1. The summed E-state index contributed by atoms with van der Waals surface area (Å²) in [5.74, 6) is -0.425. The topological polar surface area (TPSA) is 46.5 Å². The summed E-state index contributed by atoms with van der Waals surface area (Å²) in [7, 11) is 0. The standard InChI is InChI=1S/C12H14O3/c1-2-11(13)8-12(14)15-9-10-6-4-3-5-7-10/h2-7,11,13H,1,8-9H2/t11-/m0/s1. The molecule has 0 heterocycles. The van der Waals surface area contributed by atoms with Gasteiger partial charge in [-0.1, -0.05) is 36.4 Å². The van der Waals surface area contributed by atoms with Gasteiger partial charge in [-0.25, -0.2) is 0 Å². The predicted molar refractivity (Wildman–Crippen MR) is 57.1 cm³/mol. The summed E-state index contributed by atoms with van der Waals surface area (Å²) in [5, 5.41) is 9.11. The highest BCUT2D eigenvalue weighted by atomic mass is 16.5. The van der Waals surface area contributed by atoms with Crippen LogP contribution in [0.25, 0.3) is 0 Å². The molecule has 0 amide bonds. The van der Waals surface area contributed by atoms with Crippen LogP contribution in [0.5, 0.6) is 0 Å². The predicted octanol–water partition coefficient (Wildman–Crippen LogP) is 1.67. The van der Waals surface area contributed by atoms with E-state index in [4.69, 9.17) is 9.84 Å². The fourth-order valence-electron chi connectivity index (χ4n) is 1.05. The molecule has 3 heteroatoms. The fourth-order valence-corrected chi connectivity index (χ4v) is 1.05. The van der Waals surface area contributed by atoms with E-state index in [-0.39, 0.29) is 13.0 Å². The van der Waals surface area contributed by atoms with E-state index in [0.717, 1.165) is 5.56 Å². The molecule has 1 rings (SSSR count). The summed E-state index contributed by atoms with van der Waals surface area (Å²) in [4.78, 5) is 11.2. The maximum atomic E-state index is 11.2. The Hall–Kier alpha value is -1.61. The van der Waals surface area contributed by atoms with Crippen LogP contribution in [-0.2, 0) is 16.1 Å². The zero-order valence-electron chi connectivity index (χ0n) is 8.43. The molecule has 0 aliphatic heterocycles. The number of benzene rings is 1. The lowest BCUT2D eigenvalue weighted by Gasteiger charge is -2.06. The molecule has 0 saturated heterocycles. The second-order valence-electron chi connectivity index (χ2n) is 3.15. The molecular formula is C12H14O3. The van der Waals surface area contributed by atoms with E-state index in [1.807, 2.05) is 30.3 Å². The molecule has 0 saturated carbocycles. The molecule has 0 aliphatic carbocycles. The van der Waals surface area contributed by atoms with Gasteiger partial charge in [-0.05, 0) is 5.56 Å². The molecule has 1 aromatic rings. The van der Waals surface area contributed by atoms with Crippen LogP contribution < -0.4 is 0 Å². The normalized spacial score (nSPS) is 11.8. The van der Waals surface area contributed by atoms with Gasteiger partial charge in [-0.3, -0.25) is 4.79 Å². The van der Waals surface area contributed by atoms with Crippen molar-refractivity contribution in [2.75, 3.05) is 0 Å². The summed E-state index contributed by atoms with van der Waals surface area (Å²) in [6.07, 6.45) is 0.438. The van der Waals surface area contributed by atoms with Crippen LogP contribution >= 0.6 is 0 Å². The van der Waals surface area contributed by atoms with Gasteiger partial charge in [0, 0.05) is 0 Å². The molecule has 0 aromatic heterocycles. The number of aliphatic hydroxyl groups is 1. The number of ether oxygens (including phenoxy) is 1. The minimum atomic E-state index is -0.826. The number of carbonyl (C=O) groups is 1. The highest BCUT2D eigenvalue weighted by Crippen LogP contribution is 2.03. The van der Waals surface area contributed by atoms with Gasteiger partial charge in [0.25, 0.3) is 0 Å². The van der Waals surface area contributed by atoms with Crippen molar-refractivity contribution in [3.8, 4) is 0 Å². The lowest BCUT2D eigenvalue weighted by Crippen LogP contribution is -2.13. The van der Waals surface area contributed by atoms with Gasteiger partial charge in [-0.15, -0.1) is 6.58 Å². The molecule has 3 nitrogen and oxygen atoms in total. The van der Waals surface area contributed by atoms with Gasteiger partial charge in [0.2, 0.25) is 0 Å². The van der Waals surface area contributed by atoms with Crippen LogP contribution in [0, 0.1) is 0 Å². The van der Waals surface area contributed by atoms with Crippen molar-refractivity contribution in [3.63, 3.8) is 0 Å². The minimum absolute atomic E-state index is 0.0453. The summed E-state index contributed by atoms with van der Waals surface area (Å²) in [6, 6.07) is 9.39. The lowest BCUT2D eigenvalue weighted by atomic mass is 10.2. The Kier molecular flexibility index (Phi) is 4.57. The highest BCUT2D eigenvalue weighted by molar-refractivity contribution is 5.70. The Labute approximate surface area is 89.0 Å². The first-order chi connectivity index (χ1) is 7.22. The van der Waals surface area contributed by atoms with Gasteiger partial charge in [0.15, 0.2) is 0 Å². The first-order valence-corrected chi connectivity index (χ1v) is 4.72. The van der Waals surface area contributed by atoms with Crippen LogP contribution in [0.3, 0.4) is 0 Å². The summed E-state index contributed by atoms with van der Waals surface area (Å²) in [5.41, 5.74) is 0.930. The molecular weight excluding hydrogens is 192 g/mol. The molecule has 80 valence electrons. The molecule has 0 radical (unpaired) electrons. The summed E-state index contributed by atoms with van der Waals surface area (Å²) < 4.78 is 4.95. The van der Waals surface area contributed by atoms with Crippen LogP contribution in [0.1, 0.15) is 12.0 Å². The first-order valence-electron chi connectivity index (χ1n) is 4.72. The van der Waals surface area contributed by atoms with Crippen LogP contribution in [0.2, 0.25) is 0 Å². The SMILES string of the molecule is C=C[C@H](O)CC(=O)OCc1ccccc1. The van der Waals surface area contributed by atoms with Crippen LogP contribution in [0.15, 0.2) is 43.0 Å². The molecule has 0 spiro atoms. The van der Waals surface area contributed by atoms with Crippen molar-refractivity contribution >= 4 is 5.97 Å². The van der Waals surface area contributed by atoms with Crippen LogP contribution in [0.4, 0.5) is 0 Å². The molecule has 0 fully saturated rings. The van der Waals surface area contributed by atoms with E-state index in [9.17, 15) is 4.79 Å². The van der Waals surface area contributed by atoms with Crippen molar-refractivity contribution in [1.29, 1.82) is 0 Å². The fraction of sp³-hybridized carbons (Fsp3) is 0.250. The van der Waals surface area contributed by atoms with Crippen molar-refractivity contribution in [2.24, 2.45) is 0 Å². The molecule has 1 N–H and O–H groups in total. The van der Waals surface area contributed by atoms with Crippen LogP contribution in [-0.4, -0.2) is 17.2 Å². The second kappa shape index (κ2) is 5.98. The largest absolute Gasteiger partial charge is 0.461 e. The van der Waals surface area contributed by atoms with E-state index < -0.39 is 12.1 Å². The van der Waals surface area contributed by atoms with Crippen molar-refractivity contribution in [3.05, 3.63) is 48.6 Å². The van der Waals surface area contributed by atoms with E-state index in [2.05, 4.69) is 6.58 Å². The highest BCUT2D eigenvalue weighted by Gasteiger charge is 2.08. The first kappa shape index (κ1) is 11.5. The maximum absolute atomic E-state index is 11.2. The summed E-state index contributed by atoms with van der Waals surface area (Å²) in [6.45, 7) is 3.61. The molecule has 0 bridgehead atoms. The average molecular weight is 206 g/mol. The van der Waals surface area contributed by atoms with Crippen molar-refractivity contribution in [2.45, 2.75) is 19.1 Å². The van der Waals surface area contributed by atoms with Gasteiger partial charge in [-0.2, -0.15) is 0 Å². The Morgan fingerprint density at radius 1 is 1.47 bits per heavy atom. The number of rotatable bonds is 5. The third kappa shape index (κ3) is 4.42. The Bertz CT molecular complexity index is 319. The number of carbonyl (C=O) groups excluding carboxylic acids is 1. The zero-order valence-corrected chi connectivity index (χ0v) is 8.43. The van der Waals surface area contributed by atoms with Gasteiger partial charge in [0.05, 0.1) is 12.5 Å². The molecule has 0 aliphatic rings. The van der Waals surface area contributed by atoms with E-state index in [1.165, 1.54) is 6.08 Å². The quantitative estimate of drug-likeness (QED) is 0.588. The van der Waals surface area contributed by atoms with Gasteiger partial charge >= 0.3 is 5.97 Å². The summed E-state index contributed by atoms with van der Waals surface area (Å²) >= 11 is 0. The van der Waals surface area contributed by atoms with Crippen molar-refractivity contribution < 1.29 is 14.6 Å². The molecule has 15 heavy (non-hydrogen) atoms. The third-order valence-electron chi connectivity index (χ3n) is 1.89. The zero-order chi connectivity index (χ0) is 11.1. The Morgan fingerprint density at radius 2 is 2.13 bits per heavy atom. The smallest absolute Gasteiger partial charge is 0.309 e. The monoisotopic (exact) mass is 206 g/mol. The number of aliphatic hydroxyl groups excluding tert-OH is 1. The van der Waals surface area contributed by atoms with E-state index >= 15 is 0 Å². The molecule has 1 atom stereocenters. The minimum Gasteiger partial charge on any atom is -0.461 e. The van der Waals surface area contributed by atoms with Gasteiger partial charge in [0.1, 0.15) is 6.61 Å². The Morgan fingerprint density at radius 3 is 2.73 bits per heavy atom. The molecule has 0 unspecified atom stereocenters.